The van der Waals surface area contributed by atoms with Crippen LogP contribution in [0.25, 0.3) is 0 Å². The summed E-state index contributed by atoms with van der Waals surface area (Å²) in [6.45, 7) is 6.98. The van der Waals surface area contributed by atoms with Gasteiger partial charge in [0.15, 0.2) is 0 Å². The lowest BCUT2D eigenvalue weighted by Gasteiger charge is -2.34. The molecular formula is C12H24N4O4. The lowest BCUT2D eigenvalue weighted by molar-refractivity contribution is -0.137. The van der Waals surface area contributed by atoms with Gasteiger partial charge in [0.05, 0.1) is 13.1 Å². The maximum Gasteiger partial charge on any atom is 0.317 e. The number of hydrogen-bond acceptors (Lipinski definition) is 6. The highest BCUT2D eigenvalue weighted by Crippen LogP contribution is 1.99. The van der Waals surface area contributed by atoms with Gasteiger partial charge in [-0.2, -0.15) is 0 Å². The van der Waals surface area contributed by atoms with E-state index < -0.39 is 11.9 Å². The van der Waals surface area contributed by atoms with Crippen LogP contribution in [-0.4, -0.2) is 97.4 Å². The van der Waals surface area contributed by atoms with E-state index in [0.717, 1.165) is 39.3 Å². The monoisotopic (exact) mass is 288 g/mol. The van der Waals surface area contributed by atoms with E-state index in [1.165, 1.54) is 0 Å². The van der Waals surface area contributed by atoms with Gasteiger partial charge in [-0.3, -0.25) is 19.4 Å². The normalized spacial score (nSPS) is 17.2. The zero-order valence-corrected chi connectivity index (χ0v) is 11.7. The Balaban J connectivity index is 1.99. The van der Waals surface area contributed by atoms with Gasteiger partial charge in [-0.25, -0.2) is 0 Å². The van der Waals surface area contributed by atoms with Gasteiger partial charge in [0.25, 0.3) is 0 Å². The Morgan fingerprint density at radius 1 is 0.800 bits per heavy atom. The summed E-state index contributed by atoms with van der Waals surface area (Å²) in [5, 5.41) is 22.7. The first kappa shape index (κ1) is 16.8. The minimum Gasteiger partial charge on any atom is -0.480 e. The molecule has 0 unspecified atom stereocenters. The summed E-state index contributed by atoms with van der Waals surface area (Å²) < 4.78 is 0. The van der Waals surface area contributed by atoms with Gasteiger partial charge < -0.3 is 20.8 Å². The van der Waals surface area contributed by atoms with Gasteiger partial charge >= 0.3 is 11.9 Å². The number of carbonyl (C=O) groups is 2. The van der Waals surface area contributed by atoms with Crippen molar-refractivity contribution in [2.45, 2.75) is 0 Å². The summed E-state index contributed by atoms with van der Waals surface area (Å²) >= 11 is 0. The van der Waals surface area contributed by atoms with Crippen molar-refractivity contribution >= 4 is 11.9 Å². The number of carboxylic acid groups (broad SMARTS) is 2. The number of aliphatic carboxylic acids is 2. The number of hydrogen-bond donors (Lipinski definition) is 4. The Bertz CT molecular complexity index is 276. The second kappa shape index (κ2) is 9.65. The molecule has 1 rings (SSSR count). The van der Waals surface area contributed by atoms with Gasteiger partial charge in [-0.15, -0.1) is 0 Å². The van der Waals surface area contributed by atoms with E-state index in [1.807, 2.05) is 0 Å². The van der Waals surface area contributed by atoms with Gasteiger partial charge in [-0.1, -0.05) is 0 Å². The zero-order valence-electron chi connectivity index (χ0n) is 11.7. The molecule has 0 aliphatic carbocycles. The summed E-state index contributed by atoms with van der Waals surface area (Å²) in [6, 6.07) is 0. The van der Waals surface area contributed by atoms with Crippen molar-refractivity contribution < 1.29 is 19.8 Å². The van der Waals surface area contributed by atoms with Gasteiger partial charge in [-0.05, 0) is 0 Å². The van der Waals surface area contributed by atoms with E-state index in [4.69, 9.17) is 10.2 Å². The third-order valence-corrected chi connectivity index (χ3v) is 3.23. The fraction of sp³-hybridized carbons (Fsp3) is 0.833. The molecule has 20 heavy (non-hydrogen) atoms. The Morgan fingerprint density at radius 2 is 1.15 bits per heavy atom. The first-order valence-corrected chi connectivity index (χ1v) is 6.87. The molecule has 0 amide bonds. The molecule has 0 saturated carbocycles. The molecular weight excluding hydrogens is 264 g/mol. The van der Waals surface area contributed by atoms with Crippen LogP contribution in [0.3, 0.4) is 0 Å². The van der Waals surface area contributed by atoms with Crippen LogP contribution in [0.15, 0.2) is 0 Å². The molecule has 0 bridgehead atoms. The van der Waals surface area contributed by atoms with E-state index >= 15 is 0 Å². The van der Waals surface area contributed by atoms with E-state index in [0.29, 0.717) is 13.1 Å². The number of nitrogens with one attached hydrogen (secondary N) is 2. The van der Waals surface area contributed by atoms with Gasteiger partial charge in [0.1, 0.15) is 0 Å². The Hall–Kier alpha value is -1.22. The van der Waals surface area contributed by atoms with E-state index in [9.17, 15) is 9.59 Å². The largest absolute Gasteiger partial charge is 0.480 e. The van der Waals surface area contributed by atoms with Crippen LogP contribution in [-0.2, 0) is 9.59 Å². The fourth-order valence-electron chi connectivity index (χ4n) is 2.10. The maximum absolute atomic E-state index is 10.3. The lowest BCUT2D eigenvalue weighted by Crippen LogP contribution is -2.49. The molecule has 0 spiro atoms. The molecule has 1 heterocycles. The van der Waals surface area contributed by atoms with Crippen LogP contribution < -0.4 is 10.6 Å². The van der Waals surface area contributed by atoms with Crippen molar-refractivity contribution in [2.24, 2.45) is 0 Å². The lowest BCUT2D eigenvalue weighted by atomic mass is 10.3. The van der Waals surface area contributed by atoms with Crippen molar-refractivity contribution in [3.63, 3.8) is 0 Å². The third kappa shape index (κ3) is 8.05. The first-order valence-electron chi connectivity index (χ1n) is 6.87. The fourth-order valence-corrected chi connectivity index (χ4v) is 2.10. The van der Waals surface area contributed by atoms with Crippen molar-refractivity contribution in [3.05, 3.63) is 0 Å². The molecule has 8 nitrogen and oxygen atoms in total. The standard InChI is InChI=1S/C12H24N4O4/c17-11(18)9-13-1-3-15-5-7-16(8-6-15)4-2-14-10-12(19)20/h13-14H,1-10H2,(H,17,18)(H,19,20). The minimum absolute atomic E-state index is 0.00914. The number of piperazine rings is 1. The van der Waals surface area contributed by atoms with Crippen LogP contribution in [0.5, 0.6) is 0 Å². The van der Waals surface area contributed by atoms with Crippen molar-refractivity contribution in [1.29, 1.82) is 0 Å². The average Bonchev–Trinajstić information content (AvgIpc) is 2.41. The molecule has 0 aromatic rings. The molecule has 0 aromatic carbocycles. The third-order valence-electron chi connectivity index (χ3n) is 3.23. The van der Waals surface area contributed by atoms with Gasteiger partial charge in [0, 0.05) is 52.4 Å². The SMILES string of the molecule is O=C(O)CNCCN1CCN(CCNCC(=O)O)CC1. The maximum atomic E-state index is 10.3. The molecule has 1 fully saturated rings. The van der Waals surface area contributed by atoms with E-state index in [1.54, 1.807) is 0 Å². The first-order chi connectivity index (χ1) is 9.58. The highest BCUT2D eigenvalue weighted by molar-refractivity contribution is 5.69. The molecule has 8 heteroatoms. The minimum atomic E-state index is -0.830. The molecule has 0 radical (unpaired) electrons. The summed E-state index contributed by atoms with van der Waals surface area (Å²) in [7, 11) is 0. The predicted octanol–water partition coefficient (Wildman–Crippen LogP) is -2.05. The molecule has 0 atom stereocenters. The quantitative estimate of drug-likeness (QED) is 0.341. The molecule has 0 aromatic heterocycles. The summed E-state index contributed by atoms with van der Waals surface area (Å²) in [5.41, 5.74) is 0. The van der Waals surface area contributed by atoms with E-state index in [-0.39, 0.29) is 13.1 Å². The number of rotatable bonds is 10. The van der Waals surface area contributed by atoms with Crippen molar-refractivity contribution in [2.75, 3.05) is 65.4 Å². The molecule has 1 aliphatic rings. The predicted molar refractivity (Wildman–Crippen MR) is 73.9 cm³/mol. The Kier molecular flexibility index (Phi) is 8.12. The van der Waals surface area contributed by atoms with Crippen molar-refractivity contribution in [3.8, 4) is 0 Å². The number of nitrogens with zero attached hydrogens (tertiary/aromatic N) is 2. The van der Waals surface area contributed by atoms with Crippen LogP contribution in [0, 0.1) is 0 Å². The Morgan fingerprint density at radius 3 is 1.45 bits per heavy atom. The molecule has 1 aliphatic heterocycles. The smallest absolute Gasteiger partial charge is 0.317 e. The second-order valence-electron chi connectivity index (χ2n) is 4.82. The van der Waals surface area contributed by atoms with E-state index in [2.05, 4.69) is 20.4 Å². The second-order valence-corrected chi connectivity index (χ2v) is 4.82. The average molecular weight is 288 g/mol. The Labute approximate surface area is 118 Å². The summed E-state index contributed by atoms with van der Waals surface area (Å²) in [4.78, 5) is 25.3. The zero-order chi connectivity index (χ0) is 14.8. The topological polar surface area (TPSA) is 105 Å². The van der Waals surface area contributed by atoms with Crippen LogP contribution in [0.2, 0.25) is 0 Å². The van der Waals surface area contributed by atoms with Crippen LogP contribution in [0.1, 0.15) is 0 Å². The summed E-state index contributed by atoms with van der Waals surface area (Å²) in [6.07, 6.45) is 0. The highest BCUT2D eigenvalue weighted by Gasteiger charge is 2.15. The van der Waals surface area contributed by atoms with Crippen molar-refractivity contribution in [1.82, 2.24) is 20.4 Å². The molecule has 116 valence electrons. The summed E-state index contributed by atoms with van der Waals surface area (Å²) in [5.74, 6) is -1.66. The number of carboxylic acids is 2. The van der Waals surface area contributed by atoms with Crippen LogP contribution >= 0.6 is 0 Å². The van der Waals surface area contributed by atoms with Gasteiger partial charge in [0.2, 0.25) is 0 Å². The molecule has 4 N–H and O–H groups in total. The van der Waals surface area contributed by atoms with Crippen LogP contribution in [0.4, 0.5) is 0 Å². The molecule has 1 saturated heterocycles. The highest BCUT2D eigenvalue weighted by atomic mass is 16.4.